The van der Waals surface area contributed by atoms with E-state index in [1.54, 1.807) is 11.8 Å². The molecule has 1 amide bonds. The highest BCUT2D eigenvalue weighted by molar-refractivity contribution is 7.97. The number of nitrogens with one attached hydrogen (secondary N) is 1. The van der Waals surface area contributed by atoms with Crippen LogP contribution in [0.1, 0.15) is 27.0 Å². The summed E-state index contributed by atoms with van der Waals surface area (Å²) in [5, 5.41) is 2.96. The maximum Gasteiger partial charge on any atom is 0.251 e. The van der Waals surface area contributed by atoms with Crippen molar-refractivity contribution in [3.05, 3.63) is 70.8 Å². The lowest BCUT2D eigenvalue weighted by atomic mass is 10.1. The lowest BCUT2D eigenvalue weighted by Gasteiger charge is -2.07. The average molecular weight is 285 g/mol. The van der Waals surface area contributed by atoms with Gasteiger partial charge in [0.25, 0.3) is 5.91 Å². The lowest BCUT2D eigenvalue weighted by Crippen LogP contribution is -2.22. The molecule has 0 aliphatic rings. The van der Waals surface area contributed by atoms with Gasteiger partial charge in [0.1, 0.15) is 0 Å². The molecule has 0 aliphatic heterocycles. The summed E-state index contributed by atoms with van der Waals surface area (Å²) in [6, 6.07) is 16.0. The summed E-state index contributed by atoms with van der Waals surface area (Å²) in [7, 11) is 0. The van der Waals surface area contributed by atoms with Gasteiger partial charge >= 0.3 is 0 Å². The molecule has 0 aromatic heterocycles. The predicted molar refractivity (Wildman–Crippen MR) is 86.0 cm³/mol. The van der Waals surface area contributed by atoms with E-state index in [1.165, 1.54) is 11.1 Å². The summed E-state index contributed by atoms with van der Waals surface area (Å²) in [5.41, 5.74) is 4.25. The largest absolute Gasteiger partial charge is 0.348 e. The number of thioether (sulfide) groups is 1. The first-order valence-electron chi connectivity index (χ1n) is 6.60. The second kappa shape index (κ2) is 7.15. The third-order valence-electron chi connectivity index (χ3n) is 3.07. The molecule has 0 radical (unpaired) electrons. The molecule has 0 spiro atoms. The molecule has 0 unspecified atom stereocenters. The molecule has 20 heavy (non-hydrogen) atoms. The lowest BCUT2D eigenvalue weighted by molar-refractivity contribution is 0.0951. The van der Waals surface area contributed by atoms with Crippen LogP contribution in [-0.2, 0) is 12.3 Å². The van der Waals surface area contributed by atoms with Crippen LogP contribution in [0.2, 0.25) is 0 Å². The maximum absolute atomic E-state index is 12.1. The molecule has 1 N–H and O–H groups in total. The van der Waals surface area contributed by atoms with Crippen molar-refractivity contribution in [2.45, 2.75) is 19.2 Å². The Hall–Kier alpha value is -1.74. The number of rotatable bonds is 5. The van der Waals surface area contributed by atoms with E-state index in [4.69, 9.17) is 0 Å². The van der Waals surface area contributed by atoms with Gasteiger partial charge in [-0.15, -0.1) is 0 Å². The molecule has 0 fully saturated rings. The van der Waals surface area contributed by atoms with Gasteiger partial charge in [-0.3, -0.25) is 4.79 Å². The van der Waals surface area contributed by atoms with E-state index in [9.17, 15) is 4.79 Å². The second-order valence-corrected chi connectivity index (χ2v) is 5.67. The number of amides is 1. The molecule has 3 heteroatoms. The molecule has 2 aromatic carbocycles. The van der Waals surface area contributed by atoms with Crippen LogP contribution in [0.3, 0.4) is 0 Å². The van der Waals surface area contributed by atoms with Crippen LogP contribution >= 0.6 is 11.8 Å². The Bertz CT molecular complexity index is 578. The minimum atomic E-state index is -0.0199. The fraction of sp³-hybridized carbons (Fsp3) is 0.235. The number of carbonyl (C=O) groups excluding carboxylic acids is 1. The van der Waals surface area contributed by atoms with E-state index < -0.39 is 0 Å². The Kier molecular flexibility index (Phi) is 5.24. The summed E-state index contributed by atoms with van der Waals surface area (Å²) >= 11 is 1.75. The first-order chi connectivity index (χ1) is 9.69. The zero-order valence-electron chi connectivity index (χ0n) is 11.8. The molecule has 0 heterocycles. The number of hydrogen-bond acceptors (Lipinski definition) is 2. The van der Waals surface area contributed by atoms with Crippen LogP contribution in [0.4, 0.5) is 0 Å². The van der Waals surface area contributed by atoms with E-state index in [0.29, 0.717) is 6.54 Å². The minimum Gasteiger partial charge on any atom is -0.348 e. The summed E-state index contributed by atoms with van der Waals surface area (Å²) in [6.07, 6.45) is 2.06. The van der Waals surface area contributed by atoms with Crippen LogP contribution in [0, 0.1) is 6.92 Å². The van der Waals surface area contributed by atoms with Gasteiger partial charge in [-0.05, 0) is 36.4 Å². The van der Waals surface area contributed by atoms with Crippen molar-refractivity contribution < 1.29 is 4.79 Å². The van der Waals surface area contributed by atoms with Gasteiger partial charge in [0.2, 0.25) is 0 Å². The normalized spacial score (nSPS) is 10.3. The van der Waals surface area contributed by atoms with Gasteiger partial charge in [-0.1, -0.05) is 42.0 Å². The monoisotopic (exact) mass is 285 g/mol. The van der Waals surface area contributed by atoms with E-state index in [2.05, 4.69) is 30.6 Å². The molecule has 2 aromatic rings. The predicted octanol–water partition coefficient (Wildman–Crippen LogP) is 3.79. The topological polar surface area (TPSA) is 29.1 Å². The number of carbonyl (C=O) groups is 1. The molecule has 0 saturated carbocycles. The summed E-state index contributed by atoms with van der Waals surface area (Å²) in [4.78, 5) is 12.1. The summed E-state index contributed by atoms with van der Waals surface area (Å²) in [5.74, 6) is 0.910. The molecule has 0 atom stereocenters. The van der Waals surface area contributed by atoms with Crippen LogP contribution in [0.25, 0.3) is 0 Å². The van der Waals surface area contributed by atoms with Gasteiger partial charge in [0.15, 0.2) is 0 Å². The van der Waals surface area contributed by atoms with E-state index in [0.717, 1.165) is 16.9 Å². The van der Waals surface area contributed by atoms with Crippen molar-refractivity contribution in [2.75, 3.05) is 6.26 Å². The summed E-state index contributed by atoms with van der Waals surface area (Å²) in [6.45, 7) is 2.62. The summed E-state index contributed by atoms with van der Waals surface area (Å²) < 4.78 is 0. The van der Waals surface area contributed by atoms with Crippen LogP contribution in [-0.4, -0.2) is 12.2 Å². The Morgan fingerprint density at radius 1 is 1.10 bits per heavy atom. The molecule has 0 bridgehead atoms. The highest BCUT2D eigenvalue weighted by Crippen LogP contribution is 2.11. The van der Waals surface area contributed by atoms with Gasteiger partial charge in [-0.2, -0.15) is 11.8 Å². The van der Waals surface area contributed by atoms with Gasteiger partial charge in [0.05, 0.1) is 0 Å². The minimum absolute atomic E-state index is 0.0199. The highest BCUT2D eigenvalue weighted by Gasteiger charge is 2.05. The third-order valence-corrected chi connectivity index (χ3v) is 3.70. The zero-order chi connectivity index (χ0) is 14.4. The fourth-order valence-electron chi connectivity index (χ4n) is 1.96. The highest BCUT2D eigenvalue weighted by atomic mass is 32.2. The van der Waals surface area contributed by atoms with Crippen LogP contribution in [0.5, 0.6) is 0 Å². The maximum atomic E-state index is 12.1. The molecular weight excluding hydrogens is 266 g/mol. The van der Waals surface area contributed by atoms with E-state index >= 15 is 0 Å². The molecule has 0 aliphatic carbocycles. The van der Waals surface area contributed by atoms with Crippen molar-refractivity contribution in [2.24, 2.45) is 0 Å². The smallest absolute Gasteiger partial charge is 0.251 e. The Labute approximate surface area is 124 Å². The molecular formula is C17H19NOS. The second-order valence-electron chi connectivity index (χ2n) is 4.80. The Balaban J connectivity index is 1.97. The van der Waals surface area contributed by atoms with Crippen LogP contribution in [0.15, 0.2) is 48.5 Å². The number of aryl methyl sites for hydroxylation is 1. The van der Waals surface area contributed by atoms with Crippen molar-refractivity contribution >= 4 is 17.7 Å². The SMILES string of the molecule is CSCc1cccc(C(=O)NCc2ccc(C)cc2)c1. The van der Waals surface area contributed by atoms with Crippen molar-refractivity contribution in [1.82, 2.24) is 5.32 Å². The van der Waals surface area contributed by atoms with Crippen molar-refractivity contribution in [1.29, 1.82) is 0 Å². The molecule has 0 saturated heterocycles. The first-order valence-corrected chi connectivity index (χ1v) is 8.00. The van der Waals surface area contributed by atoms with Gasteiger partial charge in [-0.25, -0.2) is 0 Å². The van der Waals surface area contributed by atoms with Gasteiger partial charge in [0, 0.05) is 17.9 Å². The van der Waals surface area contributed by atoms with Crippen molar-refractivity contribution in [3.8, 4) is 0 Å². The van der Waals surface area contributed by atoms with E-state index in [-0.39, 0.29) is 5.91 Å². The Morgan fingerprint density at radius 3 is 2.55 bits per heavy atom. The third kappa shape index (κ3) is 4.14. The Morgan fingerprint density at radius 2 is 1.85 bits per heavy atom. The average Bonchev–Trinajstić information content (AvgIpc) is 2.47. The molecule has 2 nitrogen and oxygen atoms in total. The van der Waals surface area contributed by atoms with Crippen LogP contribution < -0.4 is 5.32 Å². The zero-order valence-corrected chi connectivity index (χ0v) is 12.7. The number of benzene rings is 2. The molecule has 2 rings (SSSR count). The quantitative estimate of drug-likeness (QED) is 0.905. The first kappa shape index (κ1) is 14.7. The van der Waals surface area contributed by atoms with Gasteiger partial charge < -0.3 is 5.32 Å². The number of hydrogen-bond donors (Lipinski definition) is 1. The van der Waals surface area contributed by atoms with E-state index in [1.807, 2.05) is 36.4 Å². The fourth-order valence-corrected chi connectivity index (χ4v) is 2.47. The molecule has 104 valence electrons. The standard InChI is InChI=1S/C17H19NOS/c1-13-6-8-14(9-7-13)11-18-17(19)16-5-3-4-15(10-16)12-20-2/h3-10H,11-12H2,1-2H3,(H,18,19). The van der Waals surface area contributed by atoms with Crippen molar-refractivity contribution in [3.63, 3.8) is 0 Å².